The third-order valence-electron chi connectivity index (χ3n) is 4.11. The molecule has 0 radical (unpaired) electrons. The largest absolute Gasteiger partial charge is 0.443 e. The monoisotopic (exact) mass is 385 g/mol. The second kappa shape index (κ2) is 9.92. The highest BCUT2D eigenvalue weighted by Crippen LogP contribution is 2.22. The van der Waals surface area contributed by atoms with Gasteiger partial charge in [-0.15, -0.1) is 0 Å². The van der Waals surface area contributed by atoms with Crippen molar-refractivity contribution in [3.8, 4) is 0 Å². The fraction of sp³-hybridized carbons (Fsp3) is 0.476. The van der Waals surface area contributed by atoms with Gasteiger partial charge in [0.05, 0.1) is 12.7 Å². The van der Waals surface area contributed by atoms with Crippen LogP contribution in [0.25, 0.3) is 0 Å². The van der Waals surface area contributed by atoms with E-state index in [9.17, 15) is 4.79 Å². The van der Waals surface area contributed by atoms with Crippen molar-refractivity contribution in [2.75, 3.05) is 13.6 Å². The van der Waals surface area contributed by atoms with Crippen molar-refractivity contribution < 1.29 is 9.21 Å². The number of benzene rings is 1. The molecule has 2 aromatic rings. The predicted molar refractivity (Wildman–Crippen MR) is 111 cm³/mol. The Bertz CT molecular complexity index is 805. The van der Waals surface area contributed by atoms with Crippen molar-refractivity contribution in [3.05, 3.63) is 53.2 Å². The average molecular weight is 386 g/mol. The Labute approximate surface area is 167 Å². The minimum Gasteiger partial charge on any atom is -0.443 e. The van der Waals surface area contributed by atoms with Crippen LogP contribution in [0.15, 0.2) is 39.9 Å². The number of rotatable bonds is 7. The second-order valence-electron chi connectivity index (χ2n) is 7.60. The number of guanidine groups is 1. The molecule has 1 heterocycles. The molecule has 0 saturated carbocycles. The van der Waals surface area contributed by atoms with Gasteiger partial charge in [-0.05, 0) is 24.1 Å². The molecule has 7 nitrogen and oxygen atoms in total. The number of carbonyl (C=O) groups excluding carboxylic acids is 1. The minimum absolute atomic E-state index is 0.0512. The molecule has 28 heavy (non-hydrogen) atoms. The molecule has 2 rings (SSSR count). The van der Waals surface area contributed by atoms with E-state index < -0.39 is 0 Å². The van der Waals surface area contributed by atoms with E-state index >= 15 is 0 Å². The minimum atomic E-state index is -0.0698. The van der Waals surface area contributed by atoms with Crippen LogP contribution < -0.4 is 16.0 Å². The number of nitrogens with zero attached hydrogens (tertiary/aromatic N) is 2. The van der Waals surface area contributed by atoms with Crippen LogP contribution in [-0.2, 0) is 18.5 Å². The van der Waals surface area contributed by atoms with Crippen LogP contribution in [0.3, 0.4) is 0 Å². The Hall–Kier alpha value is -2.83. The van der Waals surface area contributed by atoms with E-state index in [1.54, 1.807) is 13.2 Å². The van der Waals surface area contributed by atoms with E-state index in [0.717, 1.165) is 17.7 Å². The smallest absolute Gasteiger partial charge is 0.251 e. The van der Waals surface area contributed by atoms with Gasteiger partial charge in [0.2, 0.25) is 5.89 Å². The Morgan fingerprint density at radius 1 is 1.18 bits per heavy atom. The van der Waals surface area contributed by atoms with Gasteiger partial charge in [-0.2, -0.15) is 0 Å². The third-order valence-corrected chi connectivity index (χ3v) is 4.11. The van der Waals surface area contributed by atoms with Gasteiger partial charge in [-0.25, -0.2) is 4.98 Å². The zero-order valence-electron chi connectivity index (χ0n) is 17.4. The first-order valence-corrected chi connectivity index (χ1v) is 9.60. The molecule has 1 aromatic heterocycles. The standard InChI is InChI=1S/C21H31N5O2/c1-6-10-23-19(27)16-9-7-8-15(11-16)12-25-20(22-5)26-14-18-24-13-17(28-18)21(2,3)4/h7-9,11,13H,6,10,12,14H2,1-5H3,(H,23,27)(H2,22,25,26). The van der Waals surface area contributed by atoms with Crippen molar-refractivity contribution >= 4 is 11.9 Å². The van der Waals surface area contributed by atoms with Gasteiger partial charge in [-0.3, -0.25) is 9.79 Å². The number of hydrogen-bond donors (Lipinski definition) is 3. The van der Waals surface area contributed by atoms with Gasteiger partial charge in [-0.1, -0.05) is 39.8 Å². The summed E-state index contributed by atoms with van der Waals surface area (Å²) in [6, 6.07) is 7.56. The van der Waals surface area contributed by atoms with Gasteiger partial charge in [0, 0.05) is 31.1 Å². The van der Waals surface area contributed by atoms with Crippen molar-refractivity contribution in [3.63, 3.8) is 0 Å². The normalized spacial score (nSPS) is 12.0. The predicted octanol–water partition coefficient (Wildman–Crippen LogP) is 2.98. The van der Waals surface area contributed by atoms with Crippen LogP contribution >= 0.6 is 0 Å². The summed E-state index contributed by atoms with van der Waals surface area (Å²) in [4.78, 5) is 20.6. The number of oxazole rings is 1. The lowest BCUT2D eigenvalue weighted by Crippen LogP contribution is -2.36. The Balaban J connectivity index is 1.88. The Morgan fingerprint density at radius 2 is 1.93 bits per heavy atom. The second-order valence-corrected chi connectivity index (χ2v) is 7.60. The average Bonchev–Trinajstić information content (AvgIpc) is 3.16. The molecule has 1 amide bonds. The van der Waals surface area contributed by atoms with Crippen molar-refractivity contribution in [2.45, 2.75) is 52.6 Å². The summed E-state index contributed by atoms with van der Waals surface area (Å²) >= 11 is 0. The summed E-state index contributed by atoms with van der Waals surface area (Å²) in [5.41, 5.74) is 1.59. The van der Waals surface area contributed by atoms with Crippen LogP contribution in [0.4, 0.5) is 0 Å². The number of carbonyl (C=O) groups is 1. The van der Waals surface area contributed by atoms with Crippen molar-refractivity contribution in [1.29, 1.82) is 0 Å². The number of aromatic nitrogens is 1. The number of aliphatic imine (C=N–C) groups is 1. The highest BCUT2D eigenvalue weighted by atomic mass is 16.4. The molecular formula is C21H31N5O2. The lowest BCUT2D eigenvalue weighted by molar-refractivity contribution is 0.0953. The topological polar surface area (TPSA) is 91.5 Å². The van der Waals surface area contributed by atoms with Crippen LogP contribution in [0.1, 0.15) is 61.7 Å². The summed E-state index contributed by atoms with van der Waals surface area (Å²) < 4.78 is 5.78. The zero-order valence-corrected chi connectivity index (χ0v) is 17.4. The Morgan fingerprint density at radius 3 is 2.57 bits per heavy atom. The molecule has 0 atom stereocenters. The van der Waals surface area contributed by atoms with Crippen LogP contribution in [0.2, 0.25) is 0 Å². The maximum atomic E-state index is 12.1. The number of amides is 1. The molecule has 3 N–H and O–H groups in total. The highest BCUT2D eigenvalue weighted by molar-refractivity contribution is 5.94. The van der Waals surface area contributed by atoms with Gasteiger partial charge in [0.25, 0.3) is 5.91 Å². The summed E-state index contributed by atoms with van der Waals surface area (Å²) in [6.45, 7) is 9.95. The SMILES string of the molecule is CCCNC(=O)c1cccc(CNC(=NC)NCc2ncc(C(C)(C)C)o2)c1. The molecule has 0 unspecified atom stereocenters. The van der Waals surface area contributed by atoms with Crippen molar-refractivity contribution in [1.82, 2.24) is 20.9 Å². The van der Waals surface area contributed by atoms with Gasteiger partial charge in [0.1, 0.15) is 5.76 Å². The molecule has 0 spiro atoms. The summed E-state index contributed by atoms with van der Waals surface area (Å²) in [5.74, 6) is 2.05. The van der Waals surface area contributed by atoms with Crippen LogP contribution in [-0.4, -0.2) is 30.4 Å². The fourth-order valence-electron chi connectivity index (χ4n) is 2.47. The lowest BCUT2D eigenvalue weighted by atomic mass is 9.94. The molecule has 1 aromatic carbocycles. The van der Waals surface area contributed by atoms with E-state index in [4.69, 9.17) is 4.42 Å². The van der Waals surface area contributed by atoms with E-state index in [2.05, 4.69) is 46.7 Å². The van der Waals surface area contributed by atoms with Gasteiger partial charge >= 0.3 is 0 Å². The van der Waals surface area contributed by atoms with Crippen LogP contribution in [0.5, 0.6) is 0 Å². The Kier molecular flexibility index (Phi) is 7.61. The highest BCUT2D eigenvalue weighted by Gasteiger charge is 2.19. The first kappa shape index (κ1) is 21.5. The summed E-state index contributed by atoms with van der Waals surface area (Å²) in [5, 5.41) is 9.32. The van der Waals surface area contributed by atoms with E-state index in [1.807, 2.05) is 31.2 Å². The van der Waals surface area contributed by atoms with Crippen LogP contribution in [0, 0.1) is 0 Å². The molecule has 152 valence electrons. The number of hydrogen-bond acceptors (Lipinski definition) is 4. The fourth-order valence-corrected chi connectivity index (χ4v) is 2.47. The summed E-state index contributed by atoms with van der Waals surface area (Å²) in [7, 11) is 1.71. The zero-order chi connectivity index (χ0) is 20.6. The molecule has 0 saturated heterocycles. The first-order valence-electron chi connectivity index (χ1n) is 9.60. The molecule has 0 bridgehead atoms. The maximum absolute atomic E-state index is 12.1. The molecule has 0 aliphatic carbocycles. The lowest BCUT2D eigenvalue weighted by Gasteiger charge is -2.13. The summed E-state index contributed by atoms with van der Waals surface area (Å²) in [6.07, 6.45) is 2.68. The first-order chi connectivity index (χ1) is 13.3. The molecule has 0 fully saturated rings. The van der Waals surface area contributed by atoms with E-state index in [1.165, 1.54) is 0 Å². The van der Waals surface area contributed by atoms with E-state index in [0.29, 0.717) is 37.0 Å². The molecule has 0 aliphatic heterocycles. The van der Waals surface area contributed by atoms with E-state index in [-0.39, 0.29) is 11.3 Å². The maximum Gasteiger partial charge on any atom is 0.251 e. The number of nitrogens with one attached hydrogen (secondary N) is 3. The third kappa shape index (κ3) is 6.40. The van der Waals surface area contributed by atoms with Gasteiger partial charge in [0.15, 0.2) is 5.96 Å². The van der Waals surface area contributed by atoms with Gasteiger partial charge < -0.3 is 20.4 Å². The molecule has 0 aliphatic rings. The molecule has 7 heteroatoms. The van der Waals surface area contributed by atoms with Crippen molar-refractivity contribution in [2.24, 2.45) is 4.99 Å². The molecular weight excluding hydrogens is 354 g/mol. The quantitative estimate of drug-likeness (QED) is 0.503.